The second kappa shape index (κ2) is 8.44. The summed E-state index contributed by atoms with van der Waals surface area (Å²) >= 11 is 0. The molecule has 3 rings (SSSR count). The number of hydrogen-bond donors (Lipinski definition) is 2. The Kier molecular flexibility index (Phi) is 6.15. The van der Waals surface area contributed by atoms with Crippen molar-refractivity contribution in [1.82, 2.24) is 5.32 Å². The van der Waals surface area contributed by atoms with Gasteiger partial charge in [0.2, 0.25) is 0 Å². The lowest BCUT2D eigenvalue weighted by Crippen LogP contribution is -2.38. The third kappa shape index (κ3) is 4.55. The summed E-state index contributed by atoms with van der Waals surface area (Å²) in [5.41, 5.74) is 3.45. The van der Waals surface area contributed by atoms with Crippen LogP contribution in [0.1, 0.15) is 71.3 Å². The molecule has 0 radical (unpaired) electrons. The van der Waals surface area contributed by atoms with Crippen LogP contribution >= 0.6 is 0 Å². The lowest BCUT2D eigenvalue weighted by Gasteiger charge is -2.39. The number of phenolic OH excluding ortho intramolecular Hbond substituents is 1. The van der Waals surface area contributed by atoms with Crippen LogP contribution in [0.3, 0.4) is 0 Å². The van der Waals surface area contributed by atoms with Crippen LogP contribution in [0.25, 0.3) is 0 Å². The van der Waals surface area contributed by atoms with Crippen LogP contribution in [0.5, 0.6) is 5.75 Å². The van der Waals surface area contributed by atoms with Crippen LogP contribution in [-0.2, 0) is 14.3 Å². The number of rotatable bonds is 6. The lowest BCUT2D eigenvalue weighted by molar-refractivity contribution is -0.139. The van der Waals surface area contributed by atoms with Crippen molar-refractivity contribution in [3.63, 3.8) is 0 Å². The van der Waals surface area contributed by atoms with Crippen molar-refractivity contribution in [1.29, 1.82) is 0 Å². The monoisotopic (exact) mass is 397 g/mol. The van der Waals surface area contributed by atoms with E-state index in [1.54, 1.807) is 24.3 Å². The maximum absolute atomic E-state index is 13.1. The van der Waals surface area contributed by atoms with E-state index in [1.165, 1.54) is 0 Å². The average molecular weight is 398 g/mol. The van der Waals surface area contributed by atoms with Crippen LogP contribution in [0.4, 0.5) is 0 Å². The molecule has 1 aromatic carbocycles. The quantitative estimate of drug-likeness (QED) is 0.536. The second-order valence-electron chi connectivity index (χ2n) is 8.86. The number of aromatic hydroxyl groups is 1. The first-order valence-electron chi connectivity index (χ1n) is 10.4. The number of hydrogen-bond acceptors (Lipinski definition) is 5. The third-order valence-electron chi connectivity index (χ3n) is 5.67. The number of carbonyl (C=O) groups is 2. The topological polar surface area (TPSA) is 75.6 Å². The van der Waals surface area contributed by atoms with Gasteiger partial charge in [-0.05, 0) is 42.9 Å². The standard InChI is InChI=1S/C24H31NO4/c1-5-6-7-12-29-23(28)20-15(2)25-18-13-24(3,4)14-19(27)22(18)21(20)16-8-10-17(26)11-9-16/h8-11,21,25-26H,5-7,12-14H2,1-4H3. The van der Waals surface area contributed by atoms with Gasteiger partial charge in [0.15, 0.2) is 5.78 Å². The van der Waals surface area contributed by atoms with Crippen molar-refractivity contribution in [2.24, 2.45) is 5.41 Å². The van der Waals surface area contributed by atoms with E-state index in [1.807, 2.05) is 6.92 Å². The SMILES string of the molecule is CCCCCOC(=O)C1=C(C)NC2=C(C(=O)CC(C)(C)C2)C1c1ccc(O)cc1. The fraction of sp³-hybridized carbons (Fsp3) is 0.500. The molecule has 5 heteroatoms. The van der Waals surface area contributed by atoms with E-state index in [-0.39, 0.29) is 22.9 Å². The van der Waals surface area contributed by atoms with Gasteiger partial charge in [-0.2, -0.15) is 0 Å². The summed E-state index contributed by atoms with van der Waals surface area (Å²) in [6.07, 6.45) is 4.08. The van der Waals surface area contributed by atoms with Gasteiger partial charge in [-0.25, -0.2) is 4.79 Å². The Morgan fingerprint density at radius 3 is 2.55 bits per heavy atom. The van der Waals surface area contributed by atoms with Gasteiger partial charge in [0.05, 0.1) is 12.2 Å². The first-order valence-corrected chi connectivity index (χ1v) is 10.4. The number of nitrogens with one attached hydrogen (secondary N) is 1. The summed E-state index contributed by atoms with van der Waals surface area (Å²) in [5.74, 6) is -0.648. The zero-order valence-corrected chi connectivity index (χ0v) is 17.8. The number of unbranched alkanes of at least 4 members (excludes halogenated alkanes) is 2. The molecule has 0 bridgehead atoms. The largest absolute Gasteiger partial charge is 0.508 e. The first kappa shape index (κ1) is 21.2. The van der Waals surface area contributed by atoms with Gasteiger partial charge in [-0.15, -0.1) is 0 Å². The van der Waals surface area contributed by atoms with Crippen molar-refractivity contribution in [2.75, 3.05) is 6.61 Å². The Labute approximate surface area is 172 Å². The molecular weight excluding hydrogens is 366 g/mol. The van der Waals surface area contributed by atoms with Crippen molar-refractivity contribution < 1.29 is 19.4 Å². The van der Waals surface area contributed by atoms with E-state index in [4.69, 9.17) is 4.74 Å². The summed E-state index contributed by atoms with van der Waals surface area (Å²) in [6, 6.07) is 6.74. The summed E-state index contributed by atoms with van der Waals surface area (Å²) < 4.78 is 5.57. The molecule has 1 aliphatic heterocycles. The van der Waals surface area contributed by atoms with E-state index >= 15 is 0 Å². The van der Waals surface area contributed by atoms with E-state index in [0.29, 0.717) is 24.2 Å². The predicted octanol–water partition coefficient (Wildman–Crippen LogP) is 4.73. The Balaban J connectivity index is 2.01. The van der Waals surface area contributed by atoms with Crippen LogP contribution in [0.15, 0.2) is 46.8 Å². The van der Waals surface area contributed by atoms with Gasteiger partial charge in [0, 0.05) is 29.3 Å². The molecule has 1 heterocycles. The number of benzene rings is 1. The van der Waals surface area contributed by atoms with Crippen molar-refractivity contribution in [2.45, 2.75) is 65.7 Å². The normalized spacial score (nSPS) is 21.0. The minimum atomic E-state index is -0.478. The van der Waals surface area contributed by atoms with E-state index < -0.39 is 5.92 Å². The molecule has 0 spiro atoms. The van der Waals surface area contributed by atoms with Crippen molar-refractivity contribution in [3.8, 4) is 5.75 Å². The number of ketones is 1. The summed E-state index contributed by atoms with van der Waals surface area (Å²) in [6.45, 7) is 8.51. The number of ether oxygens (including phenoxy) is 1. The van der Waals surface area contributed by atoms with E-state index in [0.717, 1.165) is 42.6 Å². The predicted molar refractivity (Wildman–Crippen MR) is 112 cm³/mol. The smallest absolute Gasteiger partial charge is 0.336 e. The molecule has 0 saturated carbocycles. The minimum absolute atomic E-state index is 0.0607. The van der Waals surface area contributed by atoms with Crippen LogP contribution in [-0.4, -0.2) is 23.5 Å². The van der Waals surface area contributed by atoms with E-state index in [9.17, 15) is 14.7 Å². The molecule has 1 aromatic rings. The molecule has 0 fully saturated rings. The Morgan fingerprint density at radius 1 is 1.21 bits per heavy atom. The highest BCUT2D eigenvalue weighted by Crippen LogP contribution is 2.46. The second-order valence-corrected chi connectivity index (χ2v) is 8.86. The van der Waals surface area contributed by atoms with Gasteiger partial charge < -0.3 is 15.2 Å². The van der Waals surface area contributed by atoms with Crippen LogP contribution < -0.4 is 5.32 Å². The molecule has 1 atom stereocenters. The van der Waals surface area contributed by atoms with Gasteiger partial charge in [-0.3, -0.25) is 4.79 Å². The van der Waals surface area contributed by atoms with Gasteiger partial charge in [0.25, 0.3) is 0 Å². The van der Waals surface area contributed by atoms with Gasteiger partial charge in [0.1, 0.15) is 5.75 Å². The molecular formula is C24H31NO4. The highest BCUT2D eigenvalue weighted by molar-refractivity contribution is 6.04. The maximum atomic E-state index is 13.1. The van der Waals surface area contributed by atoms with Gasteiger partial charge in [-0.1, -0.05) is 45.7 Å². The molecule has 1 aliphatic carbocycles. The van der Waals surface area contributed by atoms with Crippen molar-refractivity contribution >= 4 is 11.8 Å². The van der Waals surface area contributed by atoms with Crippen LogP contribution in [0, 0.1) is 5.41 Å². The fourth-order valence-corrected chi connectivity index (χ4v) is 4.30. The molecule has 2 N–H and O–H groups in total. The number of phenols is 1. The average Bonchev–Trinajstić information content (AvgIpc) is 2.63. The summed E-state index contributed by atoms with van der Waals surface area (Å²) in [5, 5.41) is 13.0. The summed E-state index contributed by atoms with van der Waals surface area (Å²) in [7, 11) is 0. The van der Waals surface area contributed by atoms with E-state index in [2.05, 4.69) is 26.1 Å². The number of esters is 1. The van der Waals surface area contributed by atoms with Gasteiger partial charge >= 0.3 is 5.97 Å². The Bertz CT molecular complexity index is 861. The Morgan fingerprint density at radius 2 is 1.90 bits per heavy atom. The minimum Gasteiger partial charge on any atom is -0.508 e. The Hall–Kier alpha value is -2.56. The molecule has 29 heavy (non-hydrogen) atoms. The summed E-state index contributed by atoms with van der Waals surface area (Å²) in [4.78, 5) is 26.2. The highest BCUT2D eigenvalue weighted by atomic mass is 16.5. The number of allylic oxidation sites excluding steroid dienone is 3. The zero-order chi connectivity index (χ0) is 21.2. The molecule has 0 aromatic heterocycles. The molecule has 2 aliphatic rings. The zero-order valence-electron chi connectivity index (χ0n) is 17.8. The molecule has 0 amide bonds. The van der Waals surface area contributed by atoms with Crippen molar-refractivity contribution in [3.05, 3.63) is 52.4 Å². The fourth-order valence-electron chi connectivity index (χ4n) is 4.30. The third-order valence-corrected chi connectivity index (χ3v) is 5.67. The molecule has 1 unspecified atom stereocenters. The molecule has 156 valence electrons. The number of Topliss-reactive ketones (excluding diaryl/α,β-unsaturated/α-hetero) is 1. The first-order chi connectivity index (χ1) is 13.7. The maximum Gasteiger partial charge on any atom is 0.336 e. The number of carbonyl (C=O) groups excluding carboxylic acids is 2. The number of dihydropyridines is 1. The molecule has 5 nitrogen and oxygen atoms in total. The van der Waals surface area contributed by atoms with Crippen LogP contribution in [0.2, 0.25) is 0 Å². The highest BCUT2D eigenvalue weighted by Gasteiger charge is 2.43. The lowest BCUT2D eigenvalue weighted by atomic mass is 9.68. The molecule has 0 saturated heterocycles.